The van der Waals surface area contributed by atoms with Crippen LogP contribution in [0.4, 0.5) is 0 Å². The number of hydrogen-bond donors (Lipinski definition) is 1. The van der Waals surface area contributed by atoms with Crippen LogP contribution in [0.2, 0.25) is 0 Å². The van der Waals surface area contributed by atoms with Crippen LogP contribution < -0.4 is 0 Å². The molecule has 4 nitrogen and oxygen atoms in total. The summed E-state index contributed by atoms with van der Waals surface area (Å²) in [5, 5.41) is 22.2. The fourth-order valence-corrected chi connectivity index (χ4v) is 1.06. The van der Waals surface area contributed by atoms with E-state index in [1.807, 2.05) is 13.0 Å². The van der Waals surface area contributed by atoms with Gasteiger partial charge in [-0.2, -0.15) is 10.4 Å². The second kappa shape index (κ2) is 4.06. The van der Waals surface area contributed by atoms with E-state index in [9.17, 15) is 5.11 Å². The number of aliphatic hydroxyl groups is 1. The minimum atomic E-state index is -0.731. The van der Waals surface area contributed by atoms with Gasteiger partial charge in [-0.1, -0.05) is 0 Å². The normalized spacial score (nSPS) is 14.9. The average Bonchev–Trinajstić information content (AvgIpc) is 2.63. The lowest BCUT2D eigenvalue weighted by Gasteiger charge is -2.08. The van der Waals surface area contributed by atoms with Gasteiger partial charge in [-0.15, -0.1) is 0 Å². The molecule has 0 aromatic carbocycles. The van der Waals surface area contributed by atoms with Gasteiger partial charge in [0.2, 0.25) is 0 Å². The topological polar surface area (TPSA) is 61.8 Å². The number of rotatable bonds is 3. The number of hydrogen-bond acceptors (Lipinski definition) is 3. The molecular weight excluding hydrogens is 166 g/mol. The molecule has 0 aliphatic rings. The Balaban J connectivity index is 2.78. The molecule has 1 aromatic rings. The Morgan fingerprint density at radius 3 is 2.92 bits per heavy atom. The highest BCUT2D eigenvalue weighted by atomic mass is 16.3. The summed E-state index contributed by atoms with van der Waals surface area (Å²) in [6.07, 6.45) is 2.63. The van der Waals surface area contributed by atoms with Gasteiger partial charge in [-0.25, -0.2) is 0 Å². The highest BCUT2D eigenvalue weighted by Gasteiger charge is 2.16. The Kier molecular flexibility index (Phi) is 3.04. The number of aryl methyl sites for hydroxylation is 1. The van der Waals surface area contributed by atoms with Crippen molar-refractivity contribution in [2.75, 3.05) is 0 Å². The molecular formula is C9H13N3O. The molecule has 0 bridgehead atoms. The fourth-order valence-electron chi connectivity index (χ4n) is 1.06. The molecule has 1 aromatic heterocycles. The first-order chi connectivity index (χ1) is 6.19. The molecule has 1 rings (SSSR count). The Morgan fingerprint density at radius 2 is 2.46 bits per heavy atom. The largest absolute Gasteiger partial charge is 0.387 e. The predicted molar refractivity (Wildman–Crippen MR) is 47.6 cm³/mol. The molecule has 0 fully saturated rings. The molecule has 0 saturated carbocycles. The van der Waals surface area contributed by atoms with Crippen molar-refractivity contribution >= 4 is 0 Å². The van der Waals surface area contributed by atoms with Crippen molar-refractivity contribution in [3.05, 3.63) is 18.0 Å². The Morgan fingerprint density at radius 1 is 1.77 bits per heavy atom. The van der Waals surface area contributed by atoms with Crippen LogP contribution >= 0.6 is 0 Å². The minimum absolute atomic E-state index is 0.394. The summed E-state index contributed by atoms with van der Waals surface area (Å²) in [6.45, 7) is 4.43. The van der Waals surface area contributed by atoms with Gasteiger partial charge in [0, 0.05) is 18.3 Å². The molecule has 0 amide bonds. The predicted octanol–water partition coefficient (Wildman–Crippen LogP) is 1.10. The van der Waals surface area contributed by atoms with Crippen LogP contribution in [0, 0.1) is 17.2 Å². The van der Waals surface area contributed by atoms with Crippen molar-refractivity contribution in [2.24, 2.45) is 5.92 Å². The van der Waals surface area contributed by atoms with Crippen LogP contribution in [-0.2, 0) is 6.54 Å². The summed E-state index contributed by atoms with van der Waals surface area (Å²) in [5.41, 5.74) is 0.705. The zero-order chi connectivity index (χ0) is 9.84. The zero-order valence-electron chi connectivity index (χ0n) is 7.81. The highest BCUT2D eigenvalue weighted by molar-refractivity contribution is 5.11. The van der Waals surface area contributed by atoms with Crippen molar-refractivity contribution in [3.63, 3.8) is 0 Å². The van der Waals surface area contributed by atoms with E-state index in [0.29, 0.717) is 5.56 Å². The lowest BCUT2D eigenvalue weighted by atomic mass is 10.0. The monoisotopic (exact) mass is 179 g/mol. The van der Waals surface area contributed by atoms with Gasteiger partial charge in [-0.3, -0.25) is 4.68 Å². The molecule has 0 saturated heterocycles. The van der Waals surface area contributed by atoms with Crippen molar-refractivity contribution in [1.82, 2.24) is 9.78 Å². The third kappa shape index (κ3) is 2.07. The van der Waals surface area contributed by atoms with Gasteiger partial charge in [0.05, 0.1) is 24.3 Å². The van der Waals surface area contributed by atoms with Gasteiger partial charge in [-0.05, 0) is 13.8 Å². The molecule has 13 heavy (non-hydrogen) atoms. The molecule has 0 aliphatic heterocycles. The number of nitriles is 1. The van der Waals surface area contributed by atoms with E-state index in [1.54, 1.807) is 24.0 Å². The van der Waals surface area contributed by atoms with E-state index in [1.165, 1.54) is 0 Å². The van der Waals surface area contributed by atoms with E-state index in [2.05, 4.69) is 5.10 Å². The van der Waals surface area contributed by atoms with E-state index < -0.39 is 12.0 Å². The highest BCUT2D eigenvalue weighted by Crippen LogP contribution is 2.20. The summed E-state index contributed by atoms with van der Waals surface area (Å²) in [7, 11) is 0. The quantitative estimate of drug-likeness (QED) is 0.755. The van der Waals surface area contributed by atoms with Gasteiger partial charge in [0.1, 0.15) is 0 Å². The second-order valence-electron chi connectivity index (χ2n) is 2.99. The van der Waals surface area contributed by atoms with Crippen molar-refractivity contribution < 1.29 is 5.11 Å². The average molecular weight is 179 g/mol. The number of nitrogens with zero attached hydrogens (tertiary/aromatic N) is 3. The van der Waals surface area contributed by atoms with Crippen LogP contribution in [0.25, 0.3) is 0 Å². The summed E-state index contributed by atoms with van der Waals surface area (Å²) in [5.74, 6) is -0.394. The lowest BCUT2D eigenvalue weighted by molar-refractivity contribution is 0.142. The van der Waals surface area contributed by atoms with E-state index in [0.717, 1.165) is 6.54 Å². The molecule has 2 unspecified atom stereocenters. The summed E-state index contributed by atoms with van der Waals surface area (Å²) in [4.78, 5) is 0. The van der Waals surface area contributed by atoms with Crippen molar-refractivity contribution in [1.29, 1.82) is 5.26 Å². The maximum absolute atomic E-state index is 9.62. The molecule has 70 valence electrons. The van der Waals surface area contributed by atoms with E-state index in [4.69, 9.17) is 5.26 Å². The third-order valence-electron chi connectivity index (χ3n) is 2.00. The number of aliphatic hydroxyl groups excluding tert-OH is 1. The number of aromatic nitrogens is 2. The summed E-state index contributed by atoms with van der Waals surface area (Å²) < 4.78 is 1.72. The molecule has 1 heterocycles. The standard InChI is InChI=1S/C9H13N3O/c1-3-12-6-8(5-11-12)9(13)7(2)4-10/h5-7,9,13H,3H2,1-2H3. The third-order valence-corrected chi connectivity index (χ3v) is 2.00. The second-order valence-corrected chi connectivity index (χ2v) is 2.99. The summed E-state index contributed by atoms with van der Waals surface area (Å²) >= 11 is 0. The van der Waals surface area contributed by atoms with Crippen LogP contribution in [0.15, 0.2) is 12.4 Å². The van der Waals surface area contributed by atoms with Crippen LogP contribution in [-0.4, -0.2) is 14.9 Å². The SMILES string of the molecule is CCn1cc(C(O)C(C)C#N)cn1. The molecule has 0 aliphatic carbocycles. The first-order valence-electron chi connectivity index (χ1n) is 4.29. The molecule has 1 N–H and O–H groups in total. The fraction of sp³-hybridized carbons (Fsp3) is 0.556. The van der Waals surface area contributed by atoms with Gasteiger partial charge >= 0.3 is 0 Å². The Hall–Kier alpha value is -1.34. The van der Waals surface area contributed by atoms with Gasteiger partial charge < -0.3 is 5.11 Å². The van der Waals surface area contributed by atoms with Crippen molar-refractivity contribution in [2.45, 2.75) is 26.5 Å². The van der Waals surface area contributed by atoms with Gasteiger partial charge in [0.25, 0.3) is 0 Å². The molecule has 0 radical (unpaired) electrons. The van der Waals surface area contributed by atoms with E-state index in [-0.39, 0.29) is 0 Å². The zero-order valence-corrected chi connectivity index (χ0v) is 7.81. The summed E-state index contributed by atoms with van der Waals surface area (Å²) in [6, 6.07) is 2.00. The Labute approximate surface area is 77.4 Å². The molecule has 4 heteroatoms. The first kappa shape index (κ1) is 9.75. The Bertz CT molecular complexity index is 313. The smallest absolute Gasteiger partial charge is 0.0975 e. The first-order valence-corrected chi connectivity index (χ1v) is 4.29. The van der Waals surface area contributed by atoms with Gasteiger partial charge in [0.15, 0.2) is 0 Å². The minimum Gasteiger partial charge on any atom is -0.387 e. The maximum atomic E-state index is 9.62. The lowest BCUT2D eigenvalue weighted by Crippen LogP contribution is -2.05. The molecule has 2 atom stereocenters. The van der Waals surface area contributed by atoms with Crippen LogP contribution in [0.1, 0.15) is 25.5 Å². The van der Waals surface area contributed by atoms with E-state index >= 15 is 0 Å². The van der Waals surface area contributed by atoms with Crippen molar-refractivity contribution in [3.8, 4) is 6.07 Å². The molecule has 0 spiro atoms. The van der Waals surface area contributed by atoms with Crippen LogP contribution in [0.3, 0.4) is 0 Å². The maximum Gasteiger partial charge on any atom is 0.0975 e. The van der Waals surface area contributed by atoms with Crippen LogP contribution in [0.5, 0.6) is 0 Å².